The highest BCUT2D eigenvalue weighted by Crippen LogP contribution is 2.29. The summed E-state index contributed by atoms with van der Waals surface area (Å²) in [6.07, 6.45) is 8.02. The molecule has 2 saturated heterocycles. The molecule has 0 bridgehead atoms. The van der Waals surface area contributed by atoms with Crippen molar-refractivity contribution in [3.63, 3.8) is 0 Å². The van der Waals surface area contributed by atoms with E-state index < -0.39 is 0 Å². The third-order valence-electron chi connectivity index (χ3n) is 6.42. The first kappa shape index (κ1) is 17.7. The van der Waals surface area contributed by atoms with E-state index in [9.17, 15) is 4.79 Å². The first-order valence-corrected chi connectivity index (χ1v) is 10.5. The molecule has 2 aliphatic rings. The van der Waals surface area contributed by atoms with Gasteiger partial charge in [0.25, 0.3) is 0 Å². The number of piperazine rings is 1. The molecule has 2 aliphatic heterocycles. The molecule has 3 aromatic heterocycles. The highest BCUT2D eigenvalue weighted by atomic mass is 16.4. The lowest BCUT2D eigenvalue weighted by atomic mass is 10.1. The van der Waals surface area contributed by atoms with Crippen molar-refractivity contribution in [2.75, 3.05) is 31.1 Å². The number of aryl methyl sites for hydroxylation is 1. The molecular weight excluding hydrogens is 378 g/mol. The SMILES string of the molecule is Cc1cn2cc(-c3cc4ccc(N5CCN6CCCC6C5)cc4oc3=O)nc2cn1. The van der Waals surface area contributed by atoms with Crippen LogP contribution in [0.5, 0.6) is 0 Å². The molecule has 1 aromatic carbocycles. The first-order valence-electron chi connectivity index (χ1n) is 10.5. The maximum atomic E-state index is 12.8. The summed E-state index contributed by atoms with van der Waals surface area (Å²) in [6, 6.07) is 8.70. The Bertz CT molecular complexity index is 1320. The Morgan fingerprint density at radius 1 is 1.13 bits per heavy atom. The molecule has 0 radical (unpaired) electrons. The molecule has 0 amide bonds. The van der Waals surface area contributed by atoms with Gasteiger partial charge in [0.1, 0.15) is 5.58 Å². The van der Waals surface area contributed by atoms with Gasteiger partial charge >= 0.3 is 5.63 Å². The zero-order chi connectivity index (χ0) is 20.2. The van der Waals surface area contributed by atoms with Crippen molar-refractivity contribution in [3.8, 4) is 11.3 Å². The number of imidazole rings is 1. The number of aromatic nitrogens is 3. The Labute approximate surface area is 173 Å². The van der Waals surface area contributed by atoms with Crippen LogP contribution in [-0.4, -0.2) is 51.5 Å². The van der Waals surface area contributed by atoms with E-state index in [0.717, 1.165) is 36.4 Å². The van der Waals surface area contributed by atoms with Gasteiger partial charge in [0, 0.05) is 55.2 Å². The second kappa shape index (κ2) is 6.67. The molecule has 152 valence electrons. The molecule has 6 rings (SSSR count). The molecule has 5 heterocycles. The van der Waals surface area contributed by atoms with Crippen molar-refractivity contribution in [2.45, 2.75) is 25.8 Å². The number of anilines is 1. The highest BCUT2D eigenvalue weighted by Gasteiger charge is 2.30. The third kappa shape index (κ3) is 2.89. The Balaban J connectivity index is 1.36. The van der Waals surface area contributed by atoms with Crippen molar-refractivity contribution in [2.24, 2.45) is 0 Å². The average molecular weight is 401 g/mol. The van der Waals surface area contributed by atoms with E-state index >= 15 is 0 Å². The maximum Gasteiger partial charge on any atom is 0.345 e. The van der Waals surface area contributed by atoms with Crippen LogP contribution in [-0.2, 0) is 0 Å². The van der Waals surface area contributed by atoms with E-state index in [0.29, 0.717) is 28.5 Å². The van der Waals surface area contributed by atoms with Crippen molar-refractivity contribution in [1.82, 2.24) is 19.3 Å². The standard InChI is InChI=1S/C23H23N5O2/c1-15-12-28-14-20(25-22(28)11-24-15)19-9-16-4-5-17(10-21(16)30-23(19)29)27-8-7-26-6-2-3-18(26)13-27/h4-5,9-12,14,18H,2-3,6-8,13H2,1H3. The van der Waals surface area contributed by atoms with Gasteiger partial charge in [-0.25, -0.2) is 9.78 Å². The Hall–Kier alpha value is -3.19. The normalized spacial score (nSPS) is 19.6. The van der Waals surface area contributed by atoms with Crippen LogP contribution < -0.4 is 10.5 Å². The van der Waals surface area contributed by atoms with Crippen molar-refractivity contribution < 1.29 is 4.42 Å². The average Bonchev–Trinajstić information content (AvgIpc) is 3.38. The molecule has 0 aliphatic carbocycles. The second-order valence-electron chi connectivity index (χ2n) is 8.37. The van der Waals surface area contributed by atoms with Crippen molar-refractivity contribution in [1.29, 1.82) is 0 Å². The fourth-order valence-corrected chi connectivity index (χ4v) is 4.83. The predicted octanol–water partition coefficient (Wildman–Crippen LogP) is 3.10. The fraction of sp³-hybridized carbons (Fsp3) is 0.348. The zero-order valence-corrected chi connectivity index (χ0v) is 16.9. The minimum Gasteiger partial charge on any atom is -0.422 e. The smallest absolute Gasteiger partial charge is 0.345 e. The lowest BCUT2D eigenvalue weighted by molar-refractivity contribution is 0.231. The Kier molecular flexibility index (Phi) is 3.92. The van der Waals surface area contributed by atoms with Gasteiger partial charge in [-0.15, -0.1) is 0 Å². The van der Waals surface area contributed by atoms with Crippen LogP contribution in [0.1, 0.15) is 18.5 Å². The van der Waals surface area contributed by atoms with Gasteiger partial charge in [-0.1, -0.05) is 0 Å². The molecule has 1 unspecified atom stereocenters. The van der Waals surface area contributed by atoms with E-state index in [1.54, 1.807) is 6.20 Å². The Morgan fingerprint density at radius 3 is 3.00 bits per heavy atom. The van der Waals surface area contributed by atoms with Crippen LogP contribution in [0.4, 0.5) is 5.69 Å². The number of fused-ring (bicyclic) bond motifs is 3. The molecular formula is C23H23N5O2. The Morgan fingerprint density at radius 2 is 2.07 bits per heavy atom. The number of benzene rings is 1. The highest BCUT2D eigenvalue weighted by molar-refractivity contribution is 5.84. The van der Waals surface area contributed by atoms with E-state index in [1.807, 2.05) is 41.9 Å². The number of rotatable bonds is 2. The zero-order valence-electron chi connectivity index (χ0n) is 16.9. The molecule has 7 nitrogen and oxygen atoms in total. The largest absolute Gasteiger partial charge is 0.422 e. The van der Waals surface area contributed by atoms with Crippen molar-refractivity contribution >= 4 is 22.3 Å². The summed E-state index contributed by atoms with van der Waals surface area (Å²) in [5.41, 5.74) is 4.04. The van der Waals surface area contributed by atoms with E-state index in [4.69, 9.17) is 4.42 Å². The third-order valence-corrected chi connectivity index (χ3v) is 6.42. The number of nitrogens with zero attached hydrogens (tertiary/aromatic N) is 5. The summed E-state index contributed by atoms with van der Waals surface area (Å²) >= 11 is 0. The second-order valence-corrected chi connectivity index (χ2v) is 8.37. The molecule has 1 atom stereocenters. The minimum absolute atomic E-state index is 0.367. The van der Waals surface area contributed by atoms with Gasteiger partial charge in [-0.2, -0.15) is 0 Å². The first-order chi connectivity index (χ1) is 14.6. The summed E-state index contributed by atoms with van der Waals surface area (Å²) in [4.78, 5) is 26.6. The summed E-state index contributed by atoms with van der Waals surface area (Å²) in [7, 11) is 0. The predicted molar refractivity (Wildman–Crippen MR) is 116 cm³/mol. The van der Waals surface area contributed by atoms with Crippen LogP contribution in [0, 0.1) is 6.92 Å². The van der Waals surface area contributed by atoms with Crippen LogP contribution in [0.15, 0.2) is 52.1 Å². The summed E-state index contributed by atoms with van der Waals surface area (Å²) in [5, 5.41) is 0.902. The lowest BCUT2D eigenvalue weighted by Gasteiger charge is -2.38. The van der Waals surface area contributed by atoms with E-state index in [2.05, 4.69) is 25.8 Å². The molecule has 2 fully saturated rings. The monoisotopic (exact) mass is 401 g/mol. The van der Waals surface area contributed by atoms with Gasteiger partial charge < -0.3 is 13.7 Å². The van der Waals surface area contributed by atoms with Crippen molar-refractivity contribution in [3.05, 3.63) is 59.0 Å². The van der Waals surface area contributed by atoms with Crippen LogP contribution in [0.3, 0.4) is 0 Å². The van der Waals surface area contributed by atoms with E-state index in [1.165, 1.54) is 19.4 Å². The van der Waals surface area contributed by atoms with Gasteiger partial charge in [0.15, 0.2) is 5.65 Å². The van der Waals surface area contributed by atoms with Gasteiger partial charge in [0.05, 0.1) is 23.1 Å². The quantitative estimate of drug-likeness (QED) is 0.481. The summed E-state index contributed by atoms with van der Waals surface area (Å²) in [5.74, 6) is 0. The van der Waals surface area contributed by atoms with Crippen LogP contribution >= 0.6 is 0 Å². The molecule has 0 spiro atoms. The van der Waals surface area contributed by atoms with Gasteiger partial charge in [-0.3, -0.25) is 9.88 Å². The number of hydrogen-bond donors (Lipinski definition) is 0. The molecule has 0 N–H and O–H groups in total. The molecule has 7 heteroatoms. The molecule has 4 aromatic rings. The summed E-state index contributed by atoms with van der Waals surface area (Å²) in [6.45, 7) is 6.32. The minimum atomic E-state index is -0.367. The van der Waals surface area contributed by atoms with Gasteiger partial charge in [0.2, 0.25) is 0 Å². The summed E-state index contributed by atoms with van der Waals surface area (Å²) < 4.78 is 7.61. The van der Waals surface area contributed by atoms with Crippen LogP contribution in [0.25, 0.3) is 27.9 Å². The van der Waals surface area contributed by atoms with E-state index in [-0.39, 0.29) is 5.63 Å². The van der Waals surface area contributed by atoms with Gasteiger partial charge in [-0.05, 0) is 44.5 Å². The topological polar surface area (TPSA) is 66.9 Å². The lowest BCUT2D eigenvalue weighted by Crippen LogP contribution is -2.50. The molecule has 30 heavy (non-hydrogen) atoms. The number of hydrogen-bond acceptors (Lipinski definition) is 6. The maximum absolute atomic E-state index is 12.8. The molecule has 0 saturated carbocycles. The van der Waals surface area contributed by atoms with Crippen LogP contribution in [0.2, 0.25) is 0 Å². The fourth-order valence-electron chi connectivity index (χ4n) is 4.83.